The zero-order chi connectivity index (χ0) is 13.1. The van der Waals surface area contributed by atoms with Crippen LogP contribution in [0.15, 0.2) is 29.1 Å². The Morgan fingerprint density at radius 1 is 1.28 bits per heavy atom. The third-order valence-corrected chi connectivity index (χ3v) is 2.82. The molecule has 0 aliphatic rings. The second kappa shape index (κ2) is 5.08. The molecule has 2 aromatic rings. The summed E-state index contributed by atoms with van der Waals surface area (Å²) < 4.78 is 5.36. The van der Waals surface area contributed by atoms with Gasteiger partial charge in [-0.3, -0.25) is 0 Å². The first kappa shape index (κ1) is 12.4. The maximum Gasteiger partial charge on any atom is 0.135 e. The lowest BCUT2D eigenvalue weighted by molar-refractivity contribution is 0.490. The number of aromatic nitrogens is 2. The smallest absolute Gasteiger partial charge is 0.135 e. The predicted octanol–water partition coefficient (Wildman–Crippen LogP) is 2.95. The van der Waals surface area contributed by atoms with Crippen LogP contribution >= 0.6 is 0 Å². The van der Waals surface area contributed by atoms with Crippen molar-refractivity contribution in [3.05, 3.63) is 36.0 Å². The number of nitrogen functional groups attached to an aromatic ring is 1. The van der Waals surface area contributed by atoms with Crippen LogP contribution in [0.25, 0.3) is 0 Å². The monoisotopic (exact) mass is 246 g/mol. The summed E-state index contributed by atoms with van der Waals surface area (Å²) in [6, 6.07) is 3.83. The quantitative estimate of drug-likeness (QED) is 0.867. The number of nitrogens with two attached hydrogens (primary N) is 1. The molecule has 96 valence electrons. The molecule has 0 saturated carbocycles. The van der Waals surface area contributed by atoms with Gasteiger partial charge in [0.25, 0.3) is 0 Å². The van der Waals surface area contributed by atoms with Gasteiger partial charge in [-0.1, -0.05) is 13.8 Å². The molecule has 0 bridgehead atoms. The molecule has 0 aliphatic heterocycles. The van der Waals surface area contributed by atoms with Crippen molar-refractivity contribution >= 4 is 11.6 Å². The molecule has 0 amide bonds. The fourth-order valence-electron chi connectivity index (χ4n) is 1.91. The predicted molar refractivity (Wildman–Crippen MR) is 71.3 cm³/mol. The molecule has 0 saturated heterocycles. The average molecular weight is 246 g/mol. The van der Waals surface area contributed by atoms with Crippen LogP contribution in [-0.4, -0.2) is 9.97 Å². The standard InChI is InChI=1S/C13H18N4O/c1-8(2)11-12(14)15-7-16-13(11)17-9(3)10-5-4-6-18-10/h4-9H,1-3H3,(H3,14,15,16,17). The SMILES string of the molecule is CC(C)c1c(N)ncnc1NC(C)c1ccco1. The van der Waals surface area contributed by atoms with Crippen LogP contribution in [0, 0.1) is 0 Å². The minimum Gasteiger partial charge on any atom is -0.467 e. The minimum atomic E-state index is 0.0341. The van der Waals surface area contributed by atoms with E-state index in [9.17, 15) is 0 Å². The molecule has 0 fully saturated rings. The molecule has 0 radical (unpaired) electrons. The molecule has 2 aromatic heterocycles. The molecule has 0 aromatic carbocycles. The Morgan fingerprint density at radius 2 is 2.06 bits per heavy atom. The van der Waals surface area contributed by atoms with Crippen molar-refractivity contribution in [3.8, 4) is 0 Å². The van der Waals surface area contributed by atoms with Gasteiger partial charge in [0, 0.05) is 5.56 Å². The summed E-state index contributed by atoms with van der Waals surface area (Å²) in [6.07, 6.45) is 3.13. The van der Waals surface area contributed by atoms with Crippen LogP contribution in [-0.2, 0) is 0 Å². The van der Waals surface area contributed by atoms with Crippen LogP contribution < -0.4 is 11.1 Å². The molecule has 1 atom stereocenters. The summed E-state index contributed by atoms with van der Waals surface area (Å²) >= 11 is 0. The number of nitrogens with zero attached hydrogens (tertiary/aromatic N) is 2. The maximum atomic E-state index is 5.90. The molecule has 2 heterocycles. The molecule has 2 rings (SSSR count). The van der Waals surface area contributed by atoms with Gasteiger partial charge in [-0.25, -0.2) is 9.97 Å². The zero-order valence-electron chi connectivity index (χ0n) is 10.8. The number of hydrogen-bond acceptors (Lipinski definition) is 5. The van der Waals surface area contributed by atoms with Gasteiger partial charge in [0.15, 0.2) is 0 Å². The van der Waals surface area contributed by atoms with E-state index < -0.39 is 0 Å². The van der Waals surface area contributed by atoms with E-state index in [0.717, 1.165) is 17.1 Å². The van der Waals surface area contributed by atoms with Crippen LogP contribution in [0.5, 0.6) is 0 Å². The van der Waals surface area contributed by atoms with Gasteiger partial charge in [0.05, 0.1) is 12.3 Å². The molecular weight excluding hydrogens is 228 g/mol. The van der Waals surface area contributed by atoms with Crippen LogP contribution in [0.3, 0.4) is 0 Å². The fourth-order valence-corrected chi connectivity index (χ4v) is 1.91. The Balaban J connectivity index is 2.26. The lowest BCUT2D eigenvalue weighted by Gasteiger charge is -2.18. The first-order valence-corrected chi connectivity index (χ1v) is 6.00. The largest absolute Gasteiger partial charge is 0.467 e. The third kappa shape index (κ3) is 2.45. The van der Waals surface area contributed by atoms with Crippen molar-refractivity contribution in [2.45, 2.75) is 32.7 Å². The first-order valence-electron chi connectivity index (χ1n) is 6.00. The number of rotatable bonds is 4. The number of hydrogen-bond donors (Lipinski definition) is 2. The Morgan fingerprint density at radius 3 is 2.67 bits per heavy atom. The summed E-state index contributed by atoms with van der Waals surface area (Å²) in [5.74, 6) is 2.41. The highest BCUT2D eigenvalue weighted by Crippen LogP contribution is 2.28. The Bertz CT molecular complexity index is 508. The van der Waals surface area contributed by atoms with Gasteiger partial charge in [-0.15, -0.1) is 0 Å². The summed E-state index contributed by atoms with van der Waals surface area (Å²) in [5.41, 5.74) is 6.84. The summed E-state index contributed by atoms with van der Waals surface area (Å²) in [7, 11) is 0. The van der Waals surface area contributed by atoms with Crippen molar-refractivity contribution in [3.63, 3.8) is 0 Å². The molecular formula is C13H18N4O. The fraction of sp³-hybridized carbons (Fsp3) is 0.385. The summed E-state index contributed by atoms with van der Waals surface area (Å²) in [6.45, 7) is 6.15. The van der Waals surface area contributed by atoms with E-state index in [4.69, 9.17) is 10.2 Å². The maximum absolute atomic E-state index is 5.90. The Labute approximate surface area is 106 Å². The van der Waals surface area contributed by atoms with Crippen molar-refractivity contribution < 1.29 is 4.42 Å². The zero-order valence-corrected chi connectivity index (χ0v) is 10.8. The topological polar surface area (TPSA) is 77.0 Å². The van der Waals surface area contributed by atoms with E-state index in [1.54, 1.807) is 6.26 Å². The molecule has 0 spiro atoms. The third-order valence-electron chi connectivity index (χ3n) is 2.82. The molecule has 3 N–H and O–H groups in total. The average Bonchev–Trinajstić information content (AvgIpc) is 2.81. The second-order valence-electron chi connectivity index (χ2n) is 4.56. The van der Waals surface area contributed by atoms with Crippen molar-refractivity contribution in [2.75, 3.05) is 11.1 Å². The van der Waals surface area contributed by atoms with E-state index in [2.05, 4.69) is 29.1 Å². The van der Waals surface area contributed by atoms with Crippen molar-refractivity contribution in [1.29, 1.82) is 0 Å². The molecule has 18 heavy (non-hydrogen) atoms. The summed E-state index contributed by atoms with van der Waals surface area (Å²) in [5, 5.41) is 3.31. The number of nitrogens with one attached hydrogen (secondary N) is 1. The van der Waals surface area contributed by atoms with Crippen LogP contribution in [0.2, 0.25) is 0 Å². The van der Waals surface area contributed by atoms with E-state index in [1.165, 1.54) is 6.33 Å². The van der Waals surface area contributed by atoms with Gasteiger partial charge in [0.1, 0.15) is 23.7 Å². The van der Waals surface area contributed by atoms with Crippen LogP contribution in [0.4, 0.5) is 11.6 Å². The lowest BCUT2D eigenvalue weighted by Crippen LogP contribution is -2.12. The van der Waals surface area contributed by atoms with Gasteiger partial charge in [-0.2, -0.15) is 0 Å². The highest BCUT2D eigenvalue weighted by atomic mass is 16.3. The van der Waals surface area contributed by atoms with Gasteiger partial charge < -0.3 is 15.5 Å². The molecule has 0 aliphatic carbocycles. The number of anilines is 2. The van der Waals surface area contributed by atoms with E-state index >= 15 is 0 Å². The van der Waals surface area contributed by atoms with Crippen LogP contribution in [0.1, 0.15) is 44.1 Å². The second-order valence-corrected chi connectivity index (χ2v) is 4.56. The number of furan rings is 1. The minimum absolute atomic E-state index is 0.0341. The van der Waals surface area contributed by atoms with Crippen molar-refractivity contribution in [1.82, 2.24) is 9.97 Å². The van der Waals surface area contributed by atoms with E-state index in [0.29, 0.717) is 5.82 Å². The lowest BCUT2D eigenvalue weighted by atomic mass is 10.0. The van der Waals surface area contributed by atoms with Gasteiger partial charge in [0.2, 0.25) is 0 Å². The van der Waals surface area contributed by atoms with Crippen molar-refractivity contribution in [2.24, 2.45) is 0 Å². The van der Waals surface area contributed by atoms with Gasteiger partial charge >= 0.3 is 0 Å². The first-order chi connectivity index (χ1) is 8.59. The molecule has 1 unspecified atom stereocenters. The highest BCUT2D eigenvalue weighted by Gasteiger charge is 2.16. The van der Waals surface area contributed by atoms with Gasteiger partial charge in [-0.05, 0) is 25.0 Å². The normalized spacial score (nSPS) is 12.7. The van der Waals surface area contributed by atoms with E-state index in [-0.39, 0.29) is 12.0 Å². The van der Waals surface area contributed by atoms with E-state index in [1.807, 2.05) is 19.1 Å². The Kier molecular flexibility index (Phi) is 3.50. The molecule has 5 heteroatoms. The summed E-state index contributed by atoms with van der Waals surface area (Å²) in [4.78, 5) is 8.30. The Hall–Kier alpha value is -2.04. The molecule has 5 nitrogen and oxygen atoms in total. The highest BCUT2D eigenvalue weighted by molar-refractivity contribution is 5.57.